The van der Waals surface area contributed by atoms with Crippen molar-refractivity contribution in [2.24, 2.45) is 0 Å². The average molecular weight is 464 g/mol. The molecule has 1 aliphatic heterocycles. The molecule has 172 valence electrons. The second kappa shape index (κ2) is 10.3. The molecule has 6 nitrogen and oxygen atoms in total. The third kappa shape index (κ3) is 5.31. The average Bonchev–Trinajstić information content (AvgIpc) is 3.45. The highest BCUT2D eigenvalue weighted by atomic mass is 32.1. The first kappa shape index (κ1) is 23.1. The van der Waals surface area contributed by atoms with Crippen LogP contribution in [0, 0.1) is 20.8 Å². The van der Waals surface area contributed by atoms with E-state index in [1.807, 2.05) is 75.4 Å². The predicted octanol–water partition coefficient (Wildman–Crippen LogP) is 4.75. The number of carbonyl (C=O) groups is 2. The van der Waals surface area contributed by atoms with Crippen LogP contribution in [0.1, 0.15) is 50.4 Å². The third-order valence-corrected chi connectivity index (χ3v) is 6.81. The molecule has 1 saturated heterocycles. The number of thiazole rings is 1. The zero-order valence-electron chi connectivity index (χ0n) is 19.2. The van der Waals surface area contributed by atoms with Crippen molar-refractivity contribution in [3.8, 4) is 0 Å². The van der Waals surface area contributed by atoms with E-state index in [1.165, 1.54) is 11.3 Å². The van der Waals surface area contributed by atoms with Crippen LogP contribution in [0.4, 0.5) is 5.69 Å². The van der Waals surface area contributed by atoms with Crippen molar-refractivity contribution in [3.63, 3.8) is 0 Å². The van der Waals surface area contributed by atoms with Gasteiger partial charge in [-0.3, -0.25) is 14.5 Å². The number of carbonyl (C=O) groups excluding carboxylic acids is 2. The number of hydrogen-bond acceptors (Lipinski definition) is 5. The highest BCUT2D eigenvalue weighted by Gasteiger charge is 2.35. The lowest BCUT2D eigenvalue weighted by Gasteiger charge is -2.32. The van der Waals surface area contributed by atoms with Gasteiger partial charge in [-0.2, -0.15) is 0 Å². The highest BCUT2D eigenvalue weighted by Crippen LogP contribution is 2.32. The molecule has 1 aromatic heterocycles. The van der Waals surface area contributed by atoms with Gasteiger partial charge in [-0.1, -0.05) is 42.5 Å². The quantitative estimate of drug-likeness (QED) is 0.549. The lowest BCUT2D eigenvalue weighted by molar-refractivity contribution is -0.123. The SMILES string of the molecule is Cc1cccc(N(C(=O)c2sc(C)nc2C)[C@@H](C(=O)NC[C@H]2CCCO2)c2ccccc2)c1. The Kier molecular flexibility index (Phi) is 7.20. The lowest BCUT2D eigenvalue weighted by Crippen LogP contribution is -2.45. The summed E-state index contributed by atoms with van der Waals surface area (Å²) in [6, 6.07) is 16.3. The van der Waals surface area contributed by atoms with Crippen molar-refractivity contribution in [2.45, 2.75) is 45.8 Å². The van der Waals surface area contributed by atoms with Crippen molar-refractivity contribution in [3.05, 3.63) is 81.3 Å². The number of aryl methyl sites for hydroxylation is 3. The van der Waals surface area contributed by atoms with Crippen LogP contribution in [0.2, 0.25) is 0 Å². The summed E-state index contributed by atoms with van der Waals surface area (Å²) in [7, 11) is 0. The maximum atomic E-state index is 14.0. The van der Waals surface area contributed by atoms with Crippen molar-refractivity contribution >= 4 is 28.8 Å². The van der Waals surface area contributed by atoms with Gasteiger partial charge in [0.15, 0.2) is 0 Å². The standard InChI is InChI=1S/C26H29N3O3S/c1-17-9-7-12-21(15-17)29(26(31)24-18(2)28-19(3)33-24)23(20-10-5-4-6-11-20)25(30)27-16-22-13-8-14-32-22/h4-7,9-12,15,22-23H,8,13-14,16H2,1-3H3,(H,27,30)/t22-,23-/m1/s1. The maximum Gasteiger partial charge on any atom is 0.271 e. The number of ether oxygens (including phenoxy) is 1. The summed E-state index contributed by atoms with van der Waals surface area (Å²) in [5.41, 5.74) is 3.10. The van der Waals surface area contributed by atoms with Crippen LogP contribution in [0.3, 0.4) is 0 Å². The molecule has 4 rings (SSSR count). The molecule has 2 heterocycles. The van der Waals surface area contributed by atoms with Gasteiger partial charge in [0.1, 0.15) is 10.9 Å². The number of rotatable bonds is 7. The van der Waals surface area contributed by atoms with E-state index in [2.05, 4.69) is 10.3 Å². The maximum absolute atomic E-state index is 14.0. The number of nitrogens with zero attached hydrogens (tertiary/aromatic N) is 2. The minimum absolute atomic E-state index is 0.0138. The molecule has 1 fully saturated rings. The Labute approximate surface area is 198 Å². The van der Waals surface area contributed by atoms with E-state index < -0.39 is 6.04 Å². The monoisotopic (exact) mass is 463 g/mol. The predicted molar refractivity (Wildman–Crippen MR) is 131 cm³/mol. The number of benzene rings is 2. The topological polar surface area (TPSA) is 71.5 Å². The van der Waals surface area contributed by atoms with Gasteiger partial charge in [0, 0.05) is 18.8 Å². The normalized spacial score (nSPS) is 16.4. The van der Waals surface area contributed by atoms with E-state index in [-0.39, 0.29) is 17.9 Å². The van der Waals surface area contributed by atoms with Crippen LogP contribution in [-0.2, 0) is 9.53 Å². The lowest BCUT2D eigenvalue weighted by atomic mass is 10.0. The first-order chi connectivity index (χ1) is 15.9. The van der Waals surface area contributed by atoms with Crippen molar-refractivity contribution in [1.29, 1.82) is 0 Å². The molecular weight excluding hydrogens is 434 g/mol. The van der Waals surface area contributed by atoms with Gasteiger partial charge < -0.3 is 10.1 Å². The van der Waals surface area contributed by atoms with Gasteiger partial charge in [-0.25, -0.2) is 4.98 Å². The molecule has 33 heavy (non-hydrogen) atoms. The fraction of sp³-hybridized carbons (Fsp3) is 0.346. The molecule has 3 aromatic rings. The van der Waals surface area contributed by atoms with E-state index in [9.17, 15) is 9.59 Å². The van der Waals surface area contributed by atoms with Gasteiger partial charge in [0.05, 0.1) is 16.8 Å². The molecule has 0 saturated carbocycles. The molecular formula is C26H29N3O3S. The smallest absolute Gasteiger partial charge is 0.271 e. The van der Waals surface area contributed by atoms with Crippen molar-refractivity contribution < 1.29 is 14.3 Å². The summed E-state index contributed by atoms with van der Waals surface area (Å²) in [4.78, 5) is 34.2. The molecule has 0 bridgehead atoms. The van der Waals surface area contributed by atoms with E-state index in [0.717, 1.165) is 35.6 Å². The third-order valence-electron chi connectivity index (χ3n) is 5.75. The highest BCUT2D eigenvalue weighted by molar-refractivity contribution is 7.13. The van der Waals surface area contributed by atoms with Gasteiger partial charge in [-0.05, 0) is 56.9 Å². The van der Waals surface area contributed by atoms with E-state index >= 15 is 0 Å². The van der Waals surface area contributed by atoms with Gasteiger partial charge in [-0.15, -0.1) is 11.3 Å². The van der Waals surface area contributed by atoms with Gasteiger partial charge in [0.25, 0.3) is 5.91 Å². The summed E-state index contributed by atoms with van der Waals surface area (Å²) >= 11 is 1.35. The molecule has 0 aliphatic carbocycles. The minimum Gasteiger partial charge on any atom is -0.376 e. The number of hydrogen-bond donors (Lipinski definition) is 1. The van der Waals surface area contributed by atoms with Crippen LogP contribution in [0.25, 0.3) is 0 Å². The Morgan fingerprint density at radius 1 is 1.15 bits per heavy atom. The number of amides is 2. The second-order valence-corrected chi connectivity index (χ2v) is 9.56. The molecule has 2 atom stereocenters. The van der Waals surface area contributed by atoms with E-state index in [0.29, 0.717) is 22.8 Å². The van der Waals surface area contributed by atoms with Gasteiger partial charge in [0.2, 0.25) is 5.91 Å². The van der Waals surface area contributed by atoms with Crippen LogP contribution >= 0.6 is 11.3 Å². The van der Waals surface area contributed by atoms with Crippen molar-refractivity contribution in [1.82, 2.24) is 10.3 Å². The Bertz CT molecular complexity index is 1120. The summed E-state index contributed by atoms with van der Waals surface area (Å²) in [6.07, 6.45) is 1.94. The molecule has 1 aliphatic rings. The fourth-order valence-electron chi connectivity index (χ4n) is 4.17. The summed E-state index contributed by atoms with van der Waals surface area (Å²) in [5.74, 6) is -0.463. The van der Waals surface area contributed by atoms with E-state index in [4.69, 9.17) is 4.74 Å². The molecule has 2 aromatic carbocycles. The summed E-state index contributed by atoms with van der Waals surface area (Å²) in [6.45, 7) is 6.84. The molecule has 7 heteroatoms. The molecule has 0 spiro atoms. The van der Waals surface area contributed by atoms with E-state index in [1.54, 1.807) is 4.90 Å². The first-order valence-corrected chi connectivity index (χ1v) is 12.0. The Morgan fingerprint density at radius 3 is 2.58 bits per heavy atom. The zero-order chi connectivity index (χ0) is 23.4. The largest absolute Gasteiger partial charge is 0.376 e. The van der Waals surface area contributed by atoms with Crippen LogP contribution < -0.4 is 10.2 Å². The fourth-order valence-corrected chi connectivity index (χ4v) is 5.03. The Balaban J connectivity index is 1.77. The van der Waals surface area contributed by atoms with Crippen LogP contribution in [-0.4, -0.2) is 36.1 Å². The van der Waals surface area contributed by atoms with Crippen LogP contribution in [0.15, 0.2) is 54.6 Å². The number of nitrogens with one attached hydrogen (secondary N) is 1. The first-order valence-electron chi connectivity index (χ1n) is 11.2. The summed E-state index contributed by atoms with van der Waals surface area (Å²) < 4.78 is 5.68. The van der Waals surface area contributed by atoms with Crippen molar-refractivity contribution in [2.75, 3.05) is 18.1 Å². The Morgan fingerprint density at radius 2 is 1.94 bits per heavy atom. The Hall–Kier alpha value is -3.03. The molecule has 0 radical (unpaired) electrons. The zero-order valence-corrected chi connectivity index (χ0v) is 20.0. The molecule has 1 N–H and O–H groups in total. The number of aromatic nitrogens is 1. The second-order valence-electron chi connectivity index (χ2n) is 8.35. The number of anilines is 1. The summed E-state index contributed by atoms with van der Waals surface area (Å²) in [5, 5.41) is 3.86. The molecule has 2 amide bonds. The minimum atomic E-state index is -0.830. The molecule has 0 unspecified atom stereocenters. The van der Waals surface area contributed by atoms with Gasteiger partial charge >= 0.3 is 0 Å². The van der Waals surface area contributed by atoms with Crippen LogP contribution in [0.5, 0.6) is 0 Å².